The van der Waals surface area contributed by atoms with Crippen molar-refractivity contribution in [3.63, 3.8) is 0 Å². The number of piperazine rings is 1. The van der Waals surface area contributed by atoms with Crippen molar-refractivity contribution in [1.29, 1.82) is 0 Å². The summed E-state index contributed by atoms with van der Waals surface area (Å²) in [7, 11) is 0. The van der Waals surface area contributed by atoms with E-state index in [9.17, 15) is 5.11 Å². The van der Waals surface area contributed by atoms with Gasteiger partial charge < -0.3 is 5.11 Å². The molecule has 0 unspecified atom stereocenters. The summed E-state index contributed by atoms with van der Waals surface area (Å²) in [6, 6.07) is 9.15. The van der Waals surface area contributed by atoms with Crippen molar-refractivity contribution in [1.82, 2.24) is 9.80 Å². The summed E-state index contributed by atoms with van der Waals surface area (Å²) in [5.41, 5.74) is 1.27. The lowest BCUT2D eigenvalue weighted by molar-refractivity contribution is 0.0528. The summed E-state index contributed by atoms with van der Waals surface area (Å²) in [5, 5.41) is 10.6. The maximum atomic E-state index is 9.78. The van der Waals surface area contributed by atoms with Gasteiger partial charge in [-0.05, 0) is 31.0 Å². The van der Waals surface area contributed by atoms with Gasteiger partial charge in [0, 0.05) is 43.3 Å². The lowest BCUT2D eigenvalue weighted by Gasteiger charge is -2.42. The number of hydrogen-bond acceptors (Lipinski definition) is 3. The van der Waals surface area contributed by atoms with Crippen LogP contribution in [0.1, 0.15) is 18.9 Å². The normalized spacial score (nSPS) is 32.5. The Bertz CT molecular complexity index is 454. The average molecular weight is 281 g/mol. The van der Waals surface area contributed by atoms with Gasteiger partial charge in [-0.3, -0.25) is 9.80 Å². The lowest BCUT2D eigenvalue weighted by atomic mass is 10.1. The van der Waals surface area contributed by atoms with Gasteiger partial charge in [-0.2, -0.15) is 0 Å². The number of rotatable bonds is 2. The van der Waals surface area contributed by atoms with Crippen molar-refractivity contribution < 1.29 is 5.11 Å². The molecule has 1 aromatic carbocycles. The van der Waals surface area contributed by atoms with E-state index < -0.39 is 0 Å². The summed E-state index contributed by atoms with van der Waals surface area (Å²) in [6.07, 6.45) is 0.780. The molecule has 2 saturated heterocycles. The number of aliphatic hydroxyl groups is 1. The Labute approximate surface area is 119 Å². The Kier molecular flexibility index (Phi) is 3.81. The maximum absolute atomic E-state index is 9.78. The van der Waals surface area contributed by atoms with Gasteiger partial charge in [0.15, 0.2) is 0 Å². The van der Waals surface area contributed by atoms with E-state index in [-0.39, 0.29) is 6.10 Å². The molecule has 0 aromatic heterocycles. The SMILES string of the molecule is C[C@@H]1CN2C[C@H](O)C[C@H]2CN1Cc1cccc(Cl)c1. The second-order valence-electron chi connectivity index (χ2n) is 5.91. The quantitative estimate of drug-likeness (QED) is 0.897. The predicted molar refractivity (Wildman–Crippen MR) is 77.3 cm³/mol. The van der Waals surface area contributed by atoms with E-state index in [0.29, 0.717) is 12.1 Å². The molecular weight excluding hydrogens is 260 g/mol. The summed E-state index contributed by atoms with van der Waals surface area (Å²) >= 11 is 6.05. The van der Waals surface area contributed by atoms with E-state index in [1.807, 2.05) is 18.2 Å². The van der Waals surface area contributed by atoms with E-state index in [4.69, 9.17) is 11.6 Å². The lowest BCUT2D eigenvalue weighted by Crippen LogP contribution is -2.54. The van der Waals surface area contributed by atoms with Gasteiger partial charge in [-0.1, -0.05) is 23.7 Å². The van der Waals surface area contributed by atoms with Crippen LogP contribution in [0.5, 0.6) is 0 Å². The molecule has 104 valence electrons. The van der Waals surface area contributed by atoms with Gasteiger partial charge >= 0.3 is 0 Å². The molecule has 2 aliphatic rings. The zero-order chi connectivity index (χ0) is 13.4. The van der Waals surface area contributed by atoms with Crippen molar-refractivity contribution in [3.05, 3.63) is 34.9 Å². The van der Waals surface area contributed by atoms with Crippen LogP contribution in [-0.2, 0) is 6.54 Å². The topological polar surface area (TPSA) is 26.7 Å². The van der Waals surface area contributed by atoms with Gasteiger partial charge in [0.25, 0.3) is 0 Å². The summed E-state index contributed by atoms with van der Waals surface area (Å²) in [6.45, 7) is 6.17. The average Bonchev–Trinajstić information content (AvgIpc) is 2.69. The van der Waals surface area contributed by atoms with E-state index in [1.54, 1.807) is 0 Å². The van der Waals surface area contributed by atoms with Crippen LogP contribution < -0.4 is 0 Å². The zero-order valence-corrected chi connectivity index (χ0v) is 12.1. The largest absolute Gasteiger partial charge is 0.392 e. The Hall–Kier alpha value is -0.610. The highest BCUT2D eigenvalue weighted by Crippen LogP contribution is 2.26. The first-order chi connectivity index (χ1) is 9.11. The number of aliphatic hydroxyl groups excluding tert-OH is 1. The van der Waals surface area contributed by atoms with Gasteiger partial charge in [-0.25, -0.2) is 0 Å². The molecule has 1 N–H and O–H groups in total. The van der Waals surface area contributed by atoms with E-state index in [0.717, 1.165) is 37.6 Å². The molecule has 0 bridgehead atoms. The molecule has 1 aromatic rings. The fraction of sp³-hybridized carbons (Fsp3) is 0.600. The number of hydrogen-bond donors (Lipinski definition) is 1. The van der Waals surface area contributed by atoms with Crippen molar-refractivity contribution in [2.75, 3.05) is 19.6 Å². The Morgan fingerprint density at radius 1 is 1.32 bits per heavy atom. The van der Waals surface area contributed by atoms with E-state index in [2.05, 4.69) is 22.8 Å². The first kappa shape index (κ1) is 13.4. The summed E-state index contributed by atoms with van der Waals surface area (Å²) in [4.78, 5) is 4.94. The highest BCUT2D eigenvalue weighted by atomic mass is 35.5. The van der Waals surface area contributed by atoms with Crippen molar-refractivity contribution in [2.45, 2.75) is 38.1 Å². The highest BCUT2D eigenvalue weighted by Gasteiger charge is 2.37. The third kappa shape index (κ3) is 2.95. The highest BCUT2D eigenvalue weighted by molar-refractivity contribution is 6.30. The first-order valence-electron chi connectivity index (χ1n) is 7.02. The van der Waals surface area contributed by atoms with E-state index in [1.165, 1.54) is 5.56 Å². The van der Waals surface area contributed by atoms with Crippen LogP contribution >= 0.6 is 11.6 Å². The molecule has 4 heteroatoms. The van der Waals surface area contributed by atoms with Crippen LogP contribution in [0.3, 0.4) is 0 Å². The molecule has 2 heterocycles. The van der Waals surface area contributed by atoms with Gasteiger partial charge in [0.2, 0.25) is 0 Å². The Morgan fingerprint density at radius 2 is 2.16 bits per heavy atom. The van der Waals surface area contributed by atoms with E-state index >= 15 is 0 Å². The monoisotopic (exact) mass is 280 g/mol. The summed E-state index contributed by atoms with van der Waals surface area (Å²) in [5.74, 6) is 0. The van der Waals surface area contributed by atoms with Gasteiger partial charge in [0.1, 0.15) is 0 Å². The number of nitrogens with zero attached hydrogens (tertiary/aromatic N) is 2. The molecule has 3 nitrogen and oxygen atoms in total. The van der Waals surface area contributed by atoms with Crippen molar-refractivity contribution in [2.24, 2.45) is 0 Å². The minimum Gasteiger partial charge on any atom is -0.392 e. The molecule has 2 fully saturated rings. The smallest absolute Gasteiger partial charge is 0.0682 e. The minimum absolute atomic E-state index is 0.136. The third-order valence-electron chi connectivity index (χ3n) is 4.35. The molecule has 19 heavy (non-hydrogen) atoms. The zero-order valence-electron chi connectivity index (χ0n) is 11.3. The fourth-order valence-corrected chi connectivity index (χ4v) is 3.58. The van der Waals surface area contributed by atoms with Crippen molar-refractivity contribution in [3.8, 4) is 0 Å². The molecule has 0 radical (unpaired) electrons. The molecule has 3 rings (SSSR count). The molecule has 2 aliphatic heterocycles. The fourth-order valence-electron chi connectivity index (χ4n) is 3.37. The van der Waals surface area contributed by atoms with Crippen LogP contribution in [0.2, 0.25) is 5.02 Å². The van der Waals surface area contributed by atoms with Crippen LogP contribution in [-0.4, -0.2) is 52.7 Å². The minimum atomic E-state index is -0.136. The number of fused-ring (bicyclic) bond motifs is 1. The standard InChI is InChI=1S/C15H21ClN2O/c1-11-7-18-10-15(19)6-14(18)9-17(11)8-12-3-2-4-13(16)5-12/h2-5,11,14-15,19H,6-10H2,1H3/t11-,14+,15-/m1/s1. The van der Waals surface area contributed by atoms with Crippen LogP contribution in [0.15, 0.2) is 24.3 Å². The second kappa shape index (κ2) is 5.41. The Morgan fingerprint density at radius 3 is 2.95 bits per heavy atom. The predicted octanol–water partition coefficient (Wildman–Crippen LogP) is 1.98. The van der Waals surface area contributed by atoms with Crippen LogP contribution in [0.4, 0.5) is 0 Å². The number of halogens is 1. The van der Waals surface area contributed by atoms with Gasteiger partial charge in [0.05, 0.1) is 6.10 Å². The molecule has 0 amide bonds. The second-order valence-corrected chi connectivity index (χ2v) is 6.34. The third-order valence-corrected chi connectivity index (χ3v) is 4.58. The van der Waals surface area contributed by atoms with Gasteiger partial charge in [-0.15, -0.1) is 0 Å². The Balaban J connectivity index is 1.68. The molecule has 0 aliphatic carbocycles. The van der Waals surface area contributed by atoms with Crippen molar-refractivity contribution >= 4 is 11.6 Å². The number of benzene rings is 1. The molecule has 3 atom stereocenters. The molecule has 0 spiro atoms. The summed E-state index contributed by atoms with van der Waals surface area (Å²) < 4.78 is 0. The van der Waals surface area contributed by atoms with Crippen LogP contribution in [0, 0.1) is 0 Å². The molecular formula is C15H21ClN2O. The van der Waals surface area contributed by atoms with Crippen LogP contribution in [0.25, 0.3) is 0 Å². The maximum Gasteiger partial charge on any atom is 0.0682 e. The molecule has 0 saturated carbocycles. The first-order valence-corrected chi connectivity index (χ1v) is 7.40.